The molecule has 4 rings (SSSR count). The van der Waals surface area contributed by atoms with Gasteiger partial charge in [0.25, 0.3) is 0 Å². The molecule has 4 saturated carbocycles. The van der Waals surface area contributed by atoms with Crippen LogP contribution in [0, 0.1) is 40.4 Å². The molecule has 3 N–H and O–H groups in total. The Labute approximate surface area is 156 Å². The third kappa shape index (κ3) is 2.29. The van der Waals surface area contributed by atoms with E-state index in [1.807, 2.05) is 6.92 Å². The Bertz CT molecular complexity index is 579. The number of carbonyl (C=O) groups is 1. The average Bonchev–Trinajstić information content (AvgIpc) is 2.97. The highest BCUT2D eigenvalue weighted by Gasteiger charge is 2.67. The maximum absolute atomic E-state index is 12.4. The highest BCUT2D eigenvalue weighted by atomic mass is 16.5. The zero-order chi connectivity index (χ0) is 18.9. The van der Waals surface area contributed by atoms with Crippen molar-refractivity contribution in [3.05, 3.63) is 0 Å². The molecule has 0 amide bonds. The second-order valence-electron chi connectivity index (χ2n) is 9.96. The molecule has 5 heteroatoms. The van der Waals surface area contributed by atoms with Gasteiger partial charge in [-0.3, -0.25) is 4.79 Å². The van der Waals surface area contributed by atoms with Crippen molar-refractivity contribution in [2.45, 2.75) is 77.1 Å². The first kappa shape index (κ1) is 18.7. The molecule has 0 aliphatic heterocycles. The minimum Gasteiger partial charge on any atom is -0.469 e. The van der Waals surface area contributed by atoms with Crippen molar-refractivity contribution in [1.82, 2.24) is 0 Å². The summed E-state index contributed by atoms with van der Waals surface area (Å²) < 4.78 is 5.03. The number of esters is 1. The lowest BCUT2D eigenvalue weighted by atomic mass is 9.43. The van der Waals surface area contributed by atoms with Gasteiger partial charge in [-0.15, -0.1) is 0 Å². The molecule has 0 saturated heterocycles. The first-order chi connectivity index (χ1) is 12.2. The summed E-state index contributed by atoms with van der Waals surface area (Å²) in [4.78, 5) is 12.4. The number of fused-ring (bicyclic) bond motifs is 5. The van der Waals surface area contributed by atoms with Gasteiger partial charge < -0.3 is 20.1 Å². The normalized spacial score (nSPS) is 56.2. The molecule has 4 fully saturated rings. The molecule has 0 aromatic rings. The Kier molecular flexibility index (Phi) is 4.44. The molecule has 0 aromatic carbocycles. The number of hydrogen-bond donors (Lipinski definition) is 3. The van der Waals surface area contributed by atoms with E-state index in [1.54, 1.807) is 0 Å². The third-order valence-electron chi connectivity index (χ3n) is 9.22. The van der Waals surface area contributed by atoms with Gasteiger partial charge in [0.15, 0.2) is 0 Å². The van der Waals surface area contributed by atoms with Crippen LogP contribution >= 0.6 is 0 Å². The van der Waals surface area contributed by atoms with Gasteiger partial charge in [0.2, 0.25) is 0 Å². The molecule has 0 aromatic heterocycles. The SMILES string of the molecule is COC(=O)C1CC[C@H]2[C@@H]3CCC4CC(O)CC[C@]4(C)[C@H]3C(O)C(O)[C@]12C. The zero-order valence-corrected chi connectivity index (χ0v) is 16.2. The highest BCUT2D eigenvalue weighted by molar-refractivity contribution is 5.74. The Morgan fingerprint density at radius 2 is 1.77 bits per heavy atom. The number of aliphatic hydroxyl groups excluding tert-OH is 3. The number of ether oxygens (including phenoxy) is 1. The summed E-state index contributed by atoms with van der Waals surface area (Å²) in [6.45, 7) is 4.27. The fourth-order valence-electron chi connectivity index (χ4n) is 7.85. The quantitative estimate of drug-likeness (QED) is 0.619. The minimum absolute atomic E-state index is 0.0345. The number of rotatable bonds is 1. The topological polar surface area (TPSA) is 87.0 Å². The summed E-state index contributed by atoms with van der Waals surface area (Å²) in [5.74, 6) is 0.473. The standard InChI is InChI=1S/C21H34O5/c1-20-9-8-12(22)10-11(20)4-5-13-14-6-7-15(19(25)26-3)21(14,2)18(24)17(23)16(13)20/h11-18,22-24H,4-10H2,1-3H3/t11?,12?,13-,14-,15?,16+,17?,18?,20-,21-/m0/s1. The molecule has 4 aliphatic rings. The van der Waals surface area contributed by atoms with Crippen LogP contribution in [0.2, 0.25) is 0 Å². The van der Waals surface area contributed by atoms with Crippen molar-refractivity contribution in [3.8, 4) is 0 Å². The van der Waals surface area contributed by atoms with E-state index in [1.165, 1.54) is 7.11 Å². The van der Waals surface area contributed by atoms with Crippen LogP contribution in [0.15, 0.2) is 0 Å². The van der Waals surface area contributed by atoms with Crippen LogP contribution in [0.25, 0.3) is 0 Å². The summed E-state index contributed by atoms with van der Waals surface area (Å²) in [6, 6.07) is 0. The minimum atomic E-state index is -0.900. The molecule has 5 nitrogen and oxygen atoms in total. The first-order valence-electron chi connectivity index (χ1n) is 10.4. The second-order valence-corrected chi connectivity index (χ2v) is 9.96. The number of methoxy groups -OCH3 is 1. The second kappa shape index (κ2) is 6.18. The van der Waals surface area contributed by atoms with E-state index in [2.05, 4.69) is 6.92 Å². The summed E-state index contributed by atoms with van der Waals surface area (Å²) in [5, 5.41) is 32.6. The first-order valence-corrected chi connectivity index (χ1v) is 10.4. The lowest BCUT2D eigenvalue weighted by Gasteiger charge is -2.63. The van der Waals surface area contributed by atoms with Gasteiger partial charge in [0.1, 0.15) is 0 Å². The van der Waals surface area contributed by atoms with Gasteiger partial charge in [0, 0.05) is 5.41 Å². The van der Waals surface area contributed by atoms with Crippen LogP contribution in [0.3, 0.4) is 0 Å². The lowest BCUT2D eigenvalue weighted by molar-refractivity contribution is -0.230. The Balaban J connectivity index is 1.70. The van der Waals surface area contributed by atoms with E-state index in [-0.39, 0.29) is 35.2 Å². The van der Waals surface area contributed by atoms with Gasteiger partial charge in [-0.2, -0.15) is 0 Å². The van der Waals surface area contributed by atoms with E-state index in [0.29, 0.717) is 11.8 Å². The van der Waals surface area contributed by atoms with E-state index in [0.717, 1.165) is 44.9 Å². The van der Waals surface area contributed by atoms with E-state index in [9.17, 15) is 20.1 Å². The van der Waals surface area contributed by atoms with Gasteiger partial charge in [0.05, 0.1) is 31.3 Å². The van der Waals surface area contributed by atoms with Crippen molar-refractivity contribution in [2.75, 3.05) is 7.11 Å². The van der Waals surface area contributed by atoms with E-state index >= 15 is 0 Å². The highest BCUT2D eigenvalue weighted by Crippen LogP contribution is 2.67. The summed E-state index contributed by atoms with van der Waals surface area (Å²) in [5.41, 5.74) is -0.641. The average molecular weight is 366 g/mol. The molecule has 0 bridgehead atoms. The van der Waals surface area contributed by atoms with Gasteiger partial charge in [-0.25, -0.2) is 0 Å². The van der Waals surface area contributed by atoms with Crippen molar-refractivity contribution in [3.63, 3.8) is 0 Å². The Morgan fingerprint density at radius 3 is 2.46 bits per heavy atom. The predicted molar refractivity (Wildman–Crippen MR) is 96.0 cm³/mol. The van der Waals surface area contributed by atoms with Crippen LogP contribution in [0.1, 0.15) is 58.8 Å². The Hall–Kier alpha value is -0.650. The zero-order valence-electron chi connectivity index (χ0n) is 16.2. The molecule has 0 heterocycles. The van der Waals surface area contributed by atoms with E-state index in [4.69, 9.17) is 4.74 Å². The van der Waals surface area contributed by atoms with Crippen LogP contribution in [-0.2, 0) is 9.53 Å². The van der Waals surface area contributed by atoms with Gasteiger partial charge in [-0.1, -0.05) is 13.8 Å². The number of hydrogen-bond acceptors (Lipinski definition) is 5. The van der Waals surface area contributed by atoms with Crippen molar-refractivity contribution >= 4 is 5.97 Å². The van der Waals surface area contributed by atoms with E-state index < -0.39 is 17.6 Å². The molecular formula is C21H34O5. The maximum Gasteiger partial charge on any atom is 0.309 e. The van der Waals surface area contributed by atoms with Crippen LogP contribution < -0.4 is 0 Å². The molecule has 10 atom stereocenters. The molecule has 5 unspecified atom stereocenters. The molecule has 4 aliphatic carbocycles. The number of aliphatic hydroxyl groups is 3. The van der Waals surface area contributed by atoms with Crippen LogP contribution in [-0.4, -0.2) is 46.7 Å². The number of carbonyl (C=O) groups excluding carboxylic acids is 1. The molecular weight excluding hydrogens is 332 g/mol. The summed E-state index contributed by atoms with van der Waals surface area (Å²) >= 11 is 0. The molecule has 148 valence electrons. The summed E-state index contributed by atoms with van der Waals surface area (Å²) in [6.07, 6.45) is 4.33. The monoisotopic (exact) mass is 366 g/mol. The summed E-state index contributed by atoms with van der Waals surface area (Å²) in [7, 11) is 1.41. The van der Waals surface area contributed by atoms with Gasteiger partial charge in [-0.05, 0) is 74.0 Å². The van der Waals surface area contributed by atoms with Crippen LogP contribution in [0.5, 0.6) is 0 Å². The van der Waals surface area contributed by atoms with Crippen molar-refractivity contribution < 1.29 is 24.9 Å². The van der Waals surface area contributed by atoms with Gasteiger partial charge >= 0.3 is 5.97 Å². The third-order valence-corrected chi connectivity index (χ3v) is 9.22. The fourth-order valence-corrected chi connectivity index (χ4v) is 7.85. The molecule has 26 heavy (non-hydrogen) atoms. The maximum atomic E-state index is 12.4. The fraction of sp³-hybridized carbons (Fsp3) is 0.952. The largest absolute Gasteiger partial charge is 0.469 e. The van der Waals surface area contributed by atoms with Crippen molar-refractivity contribution in [1.29, 1.82) is 0 Å². The lowest BCUT2D eigenvalue weighted by Crippen LogP contribution is -2.65. The Morgan fingerprint density at radius 1 is 1.04 bits per heavy atom. The van der Waals surface area contributed by atoms with Crippen LogP contribution in [0.4, 0.5) is 0 Å². The predicted octanol–water partition coefficient (Wildman–Crippen LogP) is 2.12. The molecule has 0 radical (unpaired) electrons. The van der Waals surface area contributed by atoms with Crippen molar-refractivity contribution in [2.24, 2.45) is 40.4 Å². The molecule has 0 spiro atoms. The smallest absolute Gasteiger partial charge is 0.309 e.